The lowest BCUT2D eigenvalue weighted by molar-refractivity contribution is -0.136. The van der Waals surface area contributed by atoms with Crippen LogP contribution in [0.1, 0.15) is 0 Å². The molecule has 2 aromatic rings. The van der Waals surface area contributed by atoms with Gasteiger partial charge in [-0.2, -0.15) is 0 Å². The Kier molecular flexibility index (Phi) is 4.28. The number of rotatable bonds is 6. The number of carboxylic acid groups (broad SMARTS) is 1. The molecule has 2 rings (SSSR count). The molecule has 0 aliphatic carbocycles. The number of hydrogen-bond donors (Lipinski definition) is 1. The number of pyridine rings is 1. The van der Waals surface area contributed by atoms with E-state index in [1.54, 1.807) is 48.8 Å². The SMILES string of the molecule is O=CN(CC(=O)O)c1ccc(Oc2cccnc2)cc1. The standard InChI is InChI=1S/C14H12N2O4/c17-10-16(9-14(18)19)11-3-5-12(6-4-11)20-13-2-1-7-15-8-13/h1-8,10H,9H2,(H,18,19). The van der Waals surface area contributed by atoms with E-state index in [9.17, 15) is 9.59 Å². The molecule has 1 amide bonds. The number of benzene rings is 1. The number of carbonyl (C=O) groups excluding carboxylic acids is 1. The Balaban J connectivity index is 2.09. The van der Waals surface area contributed by atoms with Gasteiger partial charge >= 0.3 is 5.97 Å². The first kappa shape index (κ1) is 13.5. The van der Waals surface area contributed by atoms with Gasteiger partial charge in [0.05, 0.1) is 6.20 Å². The van der Waals surface area contributed by atoms with Crippen molar-refractivity contribution in [3.63, 3.8) is 0 Å². The van der Waals surface area contributed by atoms with E-state index in [1.807, 2.05) is 0 Å². The molecule has 0 saturated heterocycles. The molecule has 0 saturated carbocycles. The van der Waals surface area contributed by atoms with E-state index in [2.05, 4.69) is 4.98 Å². The van der Waals surface area contributed by atoms with Gasteiger partial charge in [-0.3, -0.25) is 14.6 Å². The molecule has 0 radical (unpaired) electrons. The second-order valence-corrected chi connectivity index (χ2v) is 3.91. The Morgan fingerprint density at radius 2 is 2.00 bits per heavy atom. The topological polar surface area (TPSA) is 79.7 Å². The lowest BCUT2D eigenvalue weighted by atomic mass is 10.3. The van der Waals surface area contributed by atoms with Gasteiger partial charge in [0, 0.05) is 11.9 Å². The second-order valence-electron chi connectivity index (χ2n) is 3.91. The lowest BCUT2D eigenvalue weighted by Gasteiger charge is -2.15. The van der Waals surface area contributed by atoms with Crippen LogP contribution < -0.4 is 9.64 Å². The minimum Gasteiger partial charge on any atom is -0.480 e. The van der Waals surface area contributed by atoms with Crippen molar-refractivity contribution < 1.29 is 19.4 Å². The minimum absolute atomic E-state index is 0.383. The Morgan fingerprint density at radius 1 is 1.25 bits per heavy atom. The number of aromatic nitrogens is 1. The average Bonchev–Trinajstić information content (AvgIpc) is 2.46. The normalized spacial score (nSPS) is 9.80. The van der Waals surface area contributed by atoms with Crippen molar-refractivity contribution in [1.82, 2.24) is 4.98 Å². The molecule has 0 aliphatic rings. The quantitative estimate of drug-likeness (QED) is 0.813. The number of carboxylic acids is 1. The van der Waals surface area contributed by atoms with E-state index in [-0.39, 0.29) is 6.54 Å². The summed E-state index contributed by atoms with van der Waals surface area (Å²) in [6, 6.07) is 10.1. The van der Waals surface area contributed by atoms with Gasteiger partial charge in [0.1, 0.15) is 18.0 Å². The summed E-state index contributed by atoms with van der Waals surface area (Å²) in [6.45, 7) is -0.383. The van der Waals surface area contributed by atoms with Gasteiger partial charge in [-0.25, -0.2) is 0 Å². The van der Waals surface area contributed by atoms with E-state index in [4.69, 9.17) is 9.84 Å². The van der Waals surface area contributed by atoms with Gasteiger partial charge < -0.3 is 14.7 Å². The molecule has 0 aliphatic heterocycles. The van der Waals surface area contributed by atoms with Crippen LogP contribution in [0.25, 0.3) is 0 Å². The van der Waals surface area contributed by atoms with Gasteiger partial charge in [-0.15, -0.1) is 0 Å². The first-order valence-corrected chi connectivity index (χ1v) is 5.81. The third-order valence-electron chi connectivity index (χ3n) is 2.47. The van der Waals surface area contributed by atoms with Gasteiger partial charge in [0.2, 0.25) is 6.41 Å². The summed E-state index contributed by atoms with van der Waals surface area (Å²) < 4.78 is 5.54. The molecule has 6 nitrogen and oxygen atoms in total. The molecule has 102 valence electrons. The highest BCUT2D eigenvalue weighted by Gasteiger charge is 2.09. The van der Waals surface area contributed by atoms with Crippen molar-refractivity contribution in [2.75, 3.05) is 11.4 Å². The summed E-state index contributed by atoms with van der Waals surface area (Å²) in [6.07, 6.45) is 3.70. The van der Waals surface area contributed by atoms with Gasteiger partial charge in [0.25, 0.3) is 0 Å². The second kappa shape index (κ2) is 6.33. The van der Waals surface area contributed by atoms with Crippen molar-refractivity contribution in [2.45, 2.75) is 0 Å². The summed E-state index contributed by atoms with van der Waals surface area (Å²) >= 11 is 0. The predicted molar refractivity (Wildman–Crippen MR) is 71.8 cm³/mol. The Labute approximate surface area is 115 Å². The molecule has 1 aromatic heterocycles. The Bertz CT molecular complexity index is 584. The minimum atomic E-state index is -1.08. The summed E-state index contributed by atoms with van der Waals surface area (Å²) in [7, 11) is 0. The Morgan fingerprint density at radius 3 is 2.55 bits per heavy atom. The molecular formula is C14H12N2O4. The summed E-state index contributed by atoms with van der Waals surface area (Å²) in [5.41, 5.74) is 0.487. The fraction of sp³-hybridized carbons (Fsp3) is 0.0714. The maximum absolute atomic E-state index is 10.8. The fourth-order valence-electron chi connectivity index (χ4n) is 1.58. The zero-order chi connectivity index (χ0) is 14.4. The zero-order valence-corrected chi connectivity index (χ0v) is 10.5. The lowest BCUT2D eigenvalue weighted by Crippen LogP contribution is -2.27. The van der Waals surface area contributed by atoms with E-state index in [0.29, 0.717) is 23.6 Å². The van der Waals surface area contributed by atoms with Crippen LogP contribution in [-0.2, 0) is 9.59 Å². The number of carbonyl (C=O) groups is 2. The summed E-state index contributed by atoms with van der Waals surface area (Å²) in [5, 5.41) is 8.69. The van der Waals surface area contributed by atoms with E-state index < -0.39 is 5.97 Å². The number of amides is 1. The fourth-order valence-corrected chi connectivity index (χ4v) is 1.58. The van der Waals surface area contributed by atoms with Crippen LogP contribution in [0.2, 0.25) is 0 Å². The van der Waals surface area contributed by atoms with Crippen molar-refractivity contribution in [1.29, 1.82) is 0 Å². The number of ether oxygens (including phenoxy) is 1. The Hall–Kier alpha value is -2.89. The molecule has 0 bridgehead atoms. The van der Waals surface area contributed by atoms with E-state index in [1.165, 1.54) is 0 Å². The van der Waals surface area contributed by atoms with Gasteiger partial charge in [0.15, 0.2) is 0 Å². The predicted octanol–water partition coefficient (Wildman–Crippen LogP) is 1.92. The highest BCUT2D eigenvalue weighted by Crippen LogP contribution is 2.23. The third-order valence-corrected chi connectivity index (χ3v) is 2.47. The summed E-state index contributed by atoms with van der Waals surface area (Å²) in [5.74, 6) is 0.0914. The van der Waals surface area contributed by atoms with Crippen molar-refractivity contribution in [3.8, 4) is 11.5 Å². The van der Waals surface area contributed by atoms with Crippen LogP contribution in [0.5, 0.6) is 11.5 Å². The van der Waals surface area contributed by atoms with Crippen molar-refractivity contribution in [3.05, 3.63) is 48.8 Å². The van der Waals surface area contributed by atoms with Crippen LogP contribution in [0.3, 0.4) is 0 Å². The molecule has 1 heterocycles. The van der Waals surface area contributed by atoms with Crippen molar-refractivity contribution in [2.24, 2.45) is 0 Å². The molecule has 1 aromatic carbocycles. The maximum atomic E-state index is 10.8. The number of hydrogen-bond acceptors (Lipinski definition) is 4. The monoisotopic (exact) mass is 272 g/mol. The molecule has 0 fully saturated rings. The molecule has 0 unspecified atom stereocenters. The highest BCUT2D eigenvalue weighted by atomic mass is 16.5. The first-order valence-electron chi connectivity index (χ1n) is 5.81. The van der Waals surface area contributed by atoms with Crippen LogP contribution >= 0.6 is 0 Å². The molecule has 0 spiro atoms. The van der Waals surface area contributed by atoms with Crippen LogP contribution in [0, 0.1) is 0 Å². The molecule has 0 atom stereocenters. The number of aliphatic carboxylic acids is 1. The van der Waals surface area contributed by atoms with Crippen LogP contribution in [-0.4, -0.2) is 29.0 Å². The van der Waals surface area contributed by atoms with E-state index >= 15 is 0 Å². The smallest absolute Gasteiger partial charge is 0.323 e. The molecular weight excluding hydrogens is 260 g/mol. The molecule has 6 heteroatoms. The first-order chi connectivity index (χ1) is 9.69. The van der Waals surface area contributed by atoms with Crippen LogP contribution in [0.15, 0.2) is 48.8 Å². The number of nitrogens with zero attached hydrogens (tertiary/aromatic N) is 2. The number of anilines is 1. The van der Waals surface area contributed by atoms with E-state index in [0.717, 1.165) is 4.90 Å². The highest BCUT2D eigenvalue weighted by molar-refractivity contribution is 5.84. The zero-order valence-electron chi connectivity index (χ0n) is 10.5. The maximum Gasteiger partial charge on any atom is 0.323 e. The van der Waals surface area contributed by atoms with Gasteiger partial charge in [-0.1, -0.05) is 0 Å². The third kappa shape index (κ3) is 3.55. The van der Waals surface area contributed by atoms with Crippen molar-refractivity contribution >= 4 is 18.1 Å². The largest absolute Gasteiger partial charge is 0.480 e. The average molecular weight is 272 g/mol. The molecule has 1 N–H and O–H groups in total. The summed E-state index contributed by atoms with van der Waals surface area (Å²) in [4.78, 5) is 26.5. The van der Waals surface area contributed by atoms with Crippen LogP contribution in [0.4, 0.5) is 5.69 Å². The van der Waals surface area contributed by atoms with Gasteiger partial charge in [-0.05, 0) is 36.4 Å². The molecule has 20 heavy (non-hydrogen) atoms.